The van der Waals surface area contributed by atoms with E-state index < -0.39 is 0 Å². The zero-order valence-electron chi connectivity index (χ0n) is 15.9. The topological polar surface area (TPSA) is 64.1 Å². The number of carbonyl (C=O) groups is 1. The fourth-order valence-electron chi connectivity index (χ4n) is 2.84. The summed E-state index contributed by atoms with van der Waals surface area (Å²) >= 11 is 0. The number of rotatable bonds is 5. The van der Waals surface area contributed by atoms with Crippen molar-refractivity contribution >= 4 is 11.6 Å². The lowest BCUT2D eigenvalue weighted by Gasteiger charge is -2.11. The maximum absolute atomic E-state index is 12.4. The van der Waals surface area contributed by atoms with Crippen molar-refractivity contribution < 1.29 is 9.53 Å². The number of aryl methyl sites for hydroxylation is 1. The molecule has 1 N–H and O–H groups in total. The average Bonchev–Trinajstić information content (AvgIpc) is 2.77. The molecular weight excluding hydrogens is 362 g/mol. The predicted octanol–water partition coefficient (Wildman–Crippen LogP) is 5.50. The van der Waals surface area contributed by atoms with Gasteiger partial charge in [-0.05, 0) is 36.8 Å². The van der Waals surface area contributed by atoms with Crippen molar-refractivity contribution in [1.29, 1.82) is 0 Å². The van der Waals surface area contributed by atoms with E-state index in [1.54, 1.807) is 24.4 Å². The molecule has 0 radical (unpaired) electrons. The van der Waals surface area contributed by atoms with Gasteiger partial charge in [0.2, 0.25) is 0 Å². The second kappa shape index (κ2) is 8.35. The van der Waals surface area contributed by atoms with Crippen molar-refractivity contribution in [1.82, 2.24) is 9.97 Å². The summed E-state index contributed by atoms with van der Waals surface area (Å²) in [5.41, 5.74) is 3.91. The van der Waals surface area contributed by atoms with Crippen molar-refractivity contribution in [3.63, 3.8) is 0 Å². The lowest BCUT2D eigenvalue weighted by molar-refractivity contribution is 0.102. The third kappa shape index (κ3) is 4.47. The average molecular weight is 381 g/mol. The molecule has 4 aromatic rings. The van der Waals surface area contributed by atoms with Gasteiger partial charge in [0.15, 0.2) is 0 Å². The van der Waals surface area contributed by atoms with E-state index in [-0.39, 0.29) is 11.9 Å². The van der Waals surface area contributed by atoms with Crippen LogP contribution in [0, 0.1) is 6.92 Å². The van der Waals surface area contributed by atoms with Gasteiger partial charge in [0.25, 0.3) is 5.91 Å². The van der Waals surface area contributed by atoms with Crippen LogP contribution in [0.3, 0.4) is 0 Å². The van der Waals surface area contributed by atoms with Crippen LogP contribution in [0.1, 0.15) is 15.9 Å². The molecule has 0 aliphatic rings. The largest absolute Gasteiger partial charge is 0.424 e. The molecule has 4 rings (SSSR count). The molecule has 0 bridgehead atoms. The maximum atomic E-state index is 12.4. The Morgan fingerprint density at radius 1 is 0.897 bits per heavy atom. The highest BCUT2D eigenvalue weighted by Crippen LogP contribution is 2.27. The Morgan fingerprint density at radius 2 is 1.62 bits per heavy atom. The van der Waals surface area contributed by atoms with Crippen molar-refractivity contribution in [2.75, 3.05) is 5.32 Å². The normalized spacial score (nSPS) is 10.4. The van der Waals surface area contributed by atoms with Crippen LogP contribution in [0.25, 0.3) is 11.3 Å². The second-order valence-corrected chi connectivity index (χ2v) is 6.49. The predicted molar refractivity (Wildman–Crippen MR) is 113 cm³/mol. The molecule has 0 aliphatic carbocycles. The van der Waals surface area contributed by atoms with Gasteiger partial charge in [0.05, 0.1) is 5.69 Å². The van der Waals surface area contributed by atoms with Crippen LogP contribution >= 0.6 is 0 Å². The van der Waals surface area contributed by atoms with E-state index in [4.69, 9.17) is 4.74 Å². The minimum absolute atomic E-state index is 0.178. The summed E-state index contributed by atoms with van der Waals surface area (Å²) in [4.78, 5) is 21.1. The molecule has 1 aromatic heterocycles. The molecule has 5 nitrogen and oxygen atoms in total. The molecule has 0 fully saturated rings. The van der Waals surface area contributed by atoms with E-state index >= 15 is 0 Å². The lowest BCUT2D eigenvalue weighted by atomic mass is 10.1. The summed E-state index contributed by atoms with van der Waals surface area (Å²) in [6.45, 7) is 1.93. The summed E-state index contributed by atoms with van der Waals surface area (Å²) in [6, 6.07) is 26.5. The fourth-order valence-corrected chi connectivity index (χ4v) is 2.84. The van der Waals surface area contributed by atoms with Crippen LogP contribution in [-0.2, 0) is 0 Å². The third-order valence-corrected chi connectivity index (χ3v) is 4.39. The SMILES string of the molecule is Cc1ccc(NC(=O)c2ccccc2)cc1Oc1nccc(-c2ccccc2)n1. The van der Waals surface area contributed by atoms with E-state index in [0.29, 0.717) is 17.0 Å². The van der Waals surface area contributed by atoms with E-state index in [0.717, 1.165) is 16.8 Å². The first-order chi connectivity index (χ1) is 14.2. The molecule has 0 saturated carbocycles. The van der Waals surface area contributed by atoms with Gasteiger partial charge >= 0.3 is 6.01 Å². The highest BCUT2D eigenvalue weighted by molar-refractivity contribution is 6.04. The van der Waals surface area contributed by atoms with Gasteiger partial charge in [-0.1, -0.05) is 54.6 Å². The molecule has 142 valence electrons. The first-order valence-electron chi connectivity index (χ1n) is 9.22. The number of benzene rings is 3. The van der Waals surface area contributed by atoms with Crippen LogP contribution in [0.5, 0.6) is 11.8 Å². The number of anilines is 1. The Morgan fingerprint density at radius 3 is 2.38 bits per heavy atom. The summed E-state index contributed by atoms with van der Waals surface area (Å²) in [5, 5.41) is 2.89. The van der Waals surface area contributed by atoms with E-state index in [1.807, 2.05) is 73.7 Å². The van der Waals surface area contributed by atoms with E-state index in [1.165, 1.54) is 0 Å². The number of hydrogen-bond acceptors (Lipinski definition) is 4. The number of carbonyl (C=O) groups excluding carboxylic acids is 1. The smallest absolute Gasteiger partial charge is 0.322 e. The lowest BCUT2D eigenvalue weighted by Crippen LogP contribution is -2.11. The number of nitrogens with zero attached hydrogens (tertiary/aromatic N) is 2. The molecule has 0 spiro atoms. The van der Waals surface area contributed by atoms with Crippen molar-refractivity contribution in [2.45, 2.75) is 6.92 Å². The van der Waals surface area contributed by atoms with Crippen molar-refractivity contribution in [3.8, 4) is 23.0 Å². The third-order valence-electron chi connectivity index (χ3n) is 4.39. The second-order valence-electron chi connectivity index (χ2n) is 6.49. The molecule has 1 amide bonds. The summed E-state index contributed by atoms with van der Waals surface area (Å²) in [5.74, 6) is 0.406. The van der Waals surface area contributed by atoms with Crippen LogP contribution in [0.4, 0.5) is 5.69 Å². The Hall–Kier alpha value is -3.99. The zero-order valence-corrected chi connectivity index (χ0v) is 15.9. The van der Waals surface area contributed by atoms with Gasteiger partial charge in [-0.15, -0.1) is 0 Å². The van der Waals surface area contributed by atoms with Crippen molar-refractivity contribution in [2.24, 2.45) is 0 Å². The summed E-state index contributed by atoms with van der Waals surface area (Å²) in [6.07, 6.45) is 1.67. The van der Waals surface area contributed by atoms with E-state index in [2.05, 4.69) is 15.3 Å². The highest BCUT2D eigenvalue weighted by Gasteiger charge is 2.10. The fraction of sp³-hybridized carbons (Fsp3) is 0.0417. The Bertz CT molecular complexity index is 1130. The summed E-state index contributed by atoms with van der Waals surface area (Å²) < 4.78 is 5.93. The highest BCUT2D eigenvalue weighted by atomic mass is 16.5. The first-order valence-corrected chi connectivity index (χ1v) is 9.22. The van der Waals surface area contributed by atoms with Gasteiger partial charge in [0.1, 0.15) is 5.75 Å². The Kier molecular flexibility index (Phi) is 5.29. The molecule has 3 aromatic carbocycles. The Labute approximate surface area is 169 Å². The van der Waals surface area contributed by atoms with Gasteiger partial charge < -0.3 is 10.1 Å². The molecule has 0 atom stereocenters. The molecule has 0 unspecified atom stereocenters. The summed E-state index contributed by atoms with van der Waals surface area (Å²) in [7, 11) is 0. The van der Waals surface area contributed by atoms with Gasteiger partial charge in [-0.2, -0.15) is 4.98 Å². The molecule has 0 saturated heterocycles. The standard InChI is InChI=1S/C24H19N3O2/c1-17-12-13-20(26-23(28)19-10-6-3-7-11-19)16-22(17)29-24-25-15-14-21(27-24)18-8-4-2-5-9-18/h2-16H,1H3,(H,26,28). The Balaban J connectivity index is 1.55. The van der Waals surface area contributed by atoms with Crippen LogP contribution in [-0.4, -0.2) is 15.9 Å². The zero-order chi connectivity index (χ0) is 20.1. The maximum Gasteiger partial charge on any atom is 0.322 e. The molecule has 5 heteroatoms. The minimum atomic E-state index is -0.178. The van der Waals surface area contributed by atoms with Crippen LogP contribution in [0.2, 0.25) is 0 Å². The van der Waals surface area contributed by atoms with E-state index in [9.17, 15) is 4.79 Å². The minimum Gasteiger partial charge on any atom is -0.424 e. The first kappa shape index (κ1) is 18.4. The monoisotopic (exact) mass is 381 g/mol. The number of nitrogens with one attached hydrogen (secondary N) is 1. The van der Waals surface area contributed by atoms with Gasteiger partial charge in [-0.25, -0.2) is 4.98 Å². The number of amides is 1. The quantitative estimate of drug-likeness (QED) is 0.496. The van der Waals surface area contributed by atoms with Crippen molar-refractivity contribution in [3.05, 3.63) is 102 Å². The molecule has 0 aliphatic heterocycles. The number of ether oxygens (including phenoxy) is 1. The van der Waals surface area contributed by atoms with Crippen LogP contribution < -0.4 is 10.1 Å². The number of aromatic nitrogens is 2. The number of hydrogen-bond donors (Lipinski definition) is 1. The molecule has 29 heavy (non-hydrogen) atoms. The molecule has 1 heterocycles. The van der Waals surface area contributed by atoms with Gasteiger partial charge in [0, 0.05) is 29.1 Å². The molecular formula is C24H19N3O2. The van der Waals surface area contributed by atoms with Gasteiger partial charge in [-0.3, -0.25) is 4.79 Å². The van der Waals surface area contributed by atoms with Crippen LogP contribution in [0.15, 0.2) is 91.1 Å².